The van der Waals surface area contributed by atoms with Crippen LogP contribution in [0.2, 0.25) is 0 Å². The summed E-state index contributed by atoms with van der Waals surface area (Å²) in [5.41, 5.74) is 14.1. The van der Waals surface area contributed by atoms with E-state index < -0.39 is 18.2 Å². The number of hydrogen-bond donors (Lipinski definition) is 2. The summed E-state index contributed by atoms with van der Waals surface area (Å²) in [5.74, 6) is 0. The SMILES string of the molecule is NC(N)(Cl)C(Cl)P(Cc1ccccc1)Cc1ccccc1.[Pd]. The van der Waals surface area contributed by atoms with Crippen molar-refractivity contribution in [2.45, 2.75) is 22.6 Å². The van der Waals surface area contributed by atoms with E-state index in [4.69, 9.17) is 34.7 Å². The Morgan fingerprint density at radius 2 is 1.23 bits per heavy atom. The summed E-state index contributed by atoms with van der Waals surface area (Å²) >= 11 is 12.5. The third-order valence-corrected chi connectivity index (χ3v) is 7.42. The first kappa shape index (κ1) is 20.1. The third kappa shape index (κ3) is 6.27. The van der Waals surface area contributed by atoms with Gasteiger partial charge in [0.05, 0.1) is 5.12 Å². The molecular weight excluding hydrogens is 428 g/mol. The molecule has 0 fully saturated rings. The van der Waals surface area contributed by atoms with Crippen LogP contribution >= 0.6 is 31.1 Å². The van der Waals surface area contributed by atoms with E-state index >= 15 is 0 Å². The molecule has 0 aliphatic carbocycles. The molecule has 0 saturated carbocycles. The minimum absolute atomic E-state index is 0. The van der Waals surface area contributed by atoms with E-state index in [9.17, 15) is 0 Å². The van der Waals surface area contributed by atoms with Gasteiger partial charge in [0.2, 0.25) is 0 Å². The van der Waals surface area contributed by atoms with E-state index in [-0.39, 0.29) is 20.4 Å². The molecule has 6 heteroatoms. The number of alkyl halides is 2. The van der Waals surface area contributed by atoms with Crippen molar-refractivity contribution in [3.63, 3.8) is 0 Å². The Bertz CT molecular complexity index is 508. The van der Waals surface area contributed by atoms with Crippen LogP contribution in [0, 0.1) is 0 Å². The minimum Gasteiger partial charge on any atom is -0.299 e. The van der Waals surface area contributed by atoms with Gasteiger partial charge in [-0.05, 0) is 23.5 Å². The summed E-state index contributed by atoms with van der Waals surface area (Å²) in [5, 5.41) is -1.86. The summed E-state index contributed by atoms with van der Waals surface area (Å²) in [6.07, 6.45) is 1.70. The molecule has 1 atom stereocenters. The molecule has 0 bridgehead atoms. The average Bonchev–Trinajstić information content (AvgIpc) is 2.47. The molecule has 0 aliphatic heterocycles. The van der Waals surface area contributed by atoms with Gasteiger partial charge in [-0.25, -0.2) is 0 Å². The van der Waals surface area contributed by atoms with Gasteiger partial charge < -0.3 is 0 Å². The van der Waals surface area contributed by atoms with Gasteiger partial charge in [-0.2, -0.15) is 0 Å². The molecule has 0 aromatic heterocycles. The van der Waals surface area contributed by atoms with Gasteiger partial charge in [-0.15, -0.1) is 11.6 Å². The molecule has 0 spiro atoms. The fourth-order valence-electron chi connectivity index (χ4n) is 2.13. The zero-order chi connectivity index (χ0) is 15.3. The van der Waals surface area contributed by atoms with Crippen molar-refractivity contribution in [3.05, 3.63) is 71.8 Å². The molecule has 0 heterocycles. The molecule has 1 unspecified atom stereocenters. The molecule has 0 radical (unpaired) electrons. The Kier molecular flexibility index (Phi) is 8.54. The van der Waals surface area contributed by atoms with Crippen molar-refractivity contribution < 1.29 is 20.4 Å². The third-order valence-electron chi connectivity index (χ3n) is 3.14. The molecule has 0 aliphatic rings. The molecular formula is C16H19Cl2N2PPd. The number of benzene rings is 2. The van der Waals surface area contributed by atoms with Gasteiger partial charge in [0, 0.05) is 20.4 Å². The second kappa shape index (κ2) is 9.36. The largest absolute Gasteiger partial charge is 0.299 e. The van der Waals surface area contributed by atoms with Crippen LogP contribution in [0.3, 0.4) is 0 Å². The fraction of sp³-hybridized carbons (Fsp3) is 0.250. The first-order valence-electron chi connectivity index (χ1n) is 6.69. The normalized spacial score (nSPS) is 12.8. The van der Waals surface area contributed by atoms with Crippen molar-refractivity contribution >= 4 is 31.1 Å². The topological polar surface area (TPSA) is 52.0 Å². The van der Waals surface area contributed by atoms with Crippen LogP contribution in [0.1, 0.15) is 11.1 Å². The number of nitrogens with two attached hydrogens (primary N) is 2. The van der Waals surface area contributed by atoms with Crippen LogP contribution in [-0.2, 0) is 32.7 Å². The minimum atomic E-state index is -1.39. The maximum Gasteiger partial charge on any atom is 0.162 e. The second-order valence-corrected chi connectivity index (χ2v) is 8.76. The molecule has 2 nitrogen and oxygen atoms in total. The van der Waals surface area contributed by atoms with Crippen molar-refractivity contribution in [2.24, 2.45) is 11.5 Å². The van der Waals surface area contributed by atoms with Crippen LogP contribution in [0.25, 0.3) is 0 Å². The summed E-state index contributed by atoms with van der Waals surface area (Å²) in [7, 11) is -0.679. The zero-order valence-corrected chi connectivity index (χ0v) is 15.9. The van der Waals surface area contributed by atoms with Crippen molar-refractivity contribution in [1.82, 2.24) is 0 Å². The van der Waals surface area contributed by atoms with E-state index in [1.54, 1.807) is 0 Å². The van der Waals surface area contributed by atoms with Gasteiger partial charge in [0.25, 0.3) is 0 Å². The maximum atomic E-state index is 6.47. The monoisotopic (exact) mass is 446 g/mol. The Hall–Kier alpha value is 0.0323. The zero-order valence-electron chi connectivity index (χ0n) is 11.9. The summed E-state index contributed by atoms with van der Waals surface area (Å²) in [6, 6.07) is 20.4. The first-order chi connectivity index (χ1) is 9.97. The van der Waals surface area contributed by atoms with Crippen molar-refractivity contribution in [3.8, 4) is 0 Å². The summed E-state index contributed by atoms with van der Waals surface area (Å²) in [6.45, 7) is 0. The Balaban J connectivity index is 0.00000242. The fourth-order valence-corrected chi connectivity index (χ4v) is 5.31. The second-order valence-electron chi connectivity index (χ2n) is 5.04. The van der Waals surface area contributed by atoms with Gasteiger partial charge in [0.1, 0.15) is 0 Å². The van der Waals surface area contributed by atoms with Gasteiger partial charge >= 0.3 is 0 Å². The van der Waals surface area contributed by atoms with Crippen LogP contribution < -0.4 is 11.5 Å². The predicted molar refractivity (Wildman–Crippen MR) is 93.8 cm³/mol. The Labute approximate surface area is 157 Å². The standard InChI is InChI=1S/C16H19Cl2N2P.Pd/c17-15(16(18,19)20)21(11-13-7-3-1-4-8-13)12-14-9-5-2-6-10-14;/h1-10,15H,11-12,19-20H2;. The molecule has 0 amide bonds. The van der Waals surface area contributed by atoms with Crippen molar-refractivity contribution in [1.29, 1.82) is 0 Å². The summed E-state index contributed by atoms with van der Waals surface area (Å²) < 4.78 is 0. The Morgan fingerprint density at radius 1 is 0.864 bits per heavy atom. The molecule has 2 aromatic carbocycles. The predicted octanol–water partition coefficient (Wildman–Crippen LogP) is 4.24. The maximum absolute atomic E-state index is 6.47. The first-order valence-corrected chi connectivity index (χ1v) is 9.29. The molecule has 122 valence electrons. The molecule has 4 N–H and O–H groups in total. The van der Waals surface area contributed by atoms with E-state index in [0.717, 1.165) is 12.3 Å². The molecule has 2 rings (SSSR count). The average molecular weight is 448 g/mol. The van der Waals surface area contributed by atoms with Crippen LogP contribution in [0.5, 0.6) is 0 Å². The van der Waals surface area contributed by atoms with Crippen LogP contribution in [0.4, 0.5) is 0 Å². The molecule has 2 aromatic rings. The van der Waals surface area contributed by atoms with Gasteiger partial charge in [0.15, 0.2) is 5.12 Å². The van der Waals surface area contributed by atoms with Gasteiger partial charge in [-0.3, -0.25) is 11.5 Å². The van der Waals surface area contributed by atoms with Crippen molar-refractivity contribution in [2.75, 3.05) is 0 Å². The van der Waals surface area contributed by atoms with E-state index in [0.29, 0.717) is 0 Å². The number of rotatable bonds is 6. The van der Waals surface area contributed by atoms with Gasteiger partial charge in [-0.1, -0.05) is 80.2 Å². The Morgan fingerprint density at radius 3 is 1.55 bits per heavy atom. The van der Waals surface area contributed by atoms with E-state index in [1.165, 1.54) is 11.1 Å². The van der Waals surface area contributed by atoms with Crippen LogP contribution in [-0.4, -0.2) is 10.2 Å². The quantitative estimate of drug-likeness (QED) is 0.229. The van der Waals surface area contributed by atoms with E-state index in [1.807, 2.05) is 36.4 Å². The molecule has 0 saturated heterocycles. The van der Waals surface area contributed by atoms with E-state index in [2.05, 4.69) is 24.3 Å². The van der Waals surface area contributed by atoms with Crippen LogP contribution in [0.15, 0.2) is 60.7 Å². The molecule has 22 heavy (non-hydrogen) atoms. The smallest absolute Gasteiger partial charge is 0.162 e. The summed E-state index contributed by atoms with van der Waals surface area (Å²) in [4.78, 5) is 0. The number of hydrogen-bond acceptors (Lipinski definition) is 2. The number of halogens is 2.